The zero-order valence-corrected chi connectivity index (χ0v) is 21.2. The number of rotatable bonds is 8. The average molecular weight is 522 g/mol. The van der Waals surface area contributed by atoms with Crippen molar-refractivity contribution in [3.63, 3.8) is 0 Å². The highest BCUT2D eigenvalue weighted by Crippen LogP contribution is 2.57. The molecule has 0 aliphatic carbocycles. The molecule has 2 aliphatic heterocycles. The number of ether oxygens (including phenoxy) is 4. The Bertz CT molecular complexity index is 1610. The molecule has 0 saturated heterocycles. The van der Waals surface area contributed by atoms with E-state index in [-0.39, 0.29) is 5.97 Å². The van der Waals surface area contributed by atoms with E-state index < -0.39 is 5.60 Å². The molecule has 39 heavy (non-hydrogen) atoms. The lowest BCUT2D eigenvalue weighted by Gasteiger charge is -2.36. The Morgan fingerprint density at radius 3 is 2.41 bits per heavy atom. The van der Waals surface area contributed by atoms with Crippen molar-refractivity contribution < 1.29 is 28.3 Å². The summed E-state index contributed by atoms with van der Waals surface area (Å²) < 4.78 is 26.1. The molecule has 0 amide bonds. The number of nitrogens with zero attached hydrogens (tertiary/aromatic N) is 4. The summed E-state index contributed by atoms with van der Waals surface area (Å²) in [5, 5.41) is 3.56. The van der Waals surface area contributed by atoms with Crippen LogP contribution in [0, 0.1) is 0 Å². The van der Waals surface area contributed by atoms with Gasteiger partial charge in [-0.3, -0.25) is 0 Å². The summed E-state index contributed by atoms with van der Waals surface area (Å²) >= 11 is 0. The average Bonchev–Trinajstić information content (AvgIpc) is 3.27. The molecular formula is C30H25N4O5+. The van der Waals surface area contributed by atoms with Crippen molar-refractivity contribution in [2.24, 2.45) is 5.11 Å². The number of aryl methyl sites for hydroxylation is 1. The van der Waals surface area contributed by atoms with Crippen LogP contribution in [0.2, 0.25) is 0 Å². The third kappa shape index (κ3) is 4.28. The van der Waals surface area contributed by atoms with Gasteiger partial charge in [-0.05, 0) is 35.9 Å². The number of azide groups is 1. The molecule has 0 radical (unpaired) electrons. The predicted octanol–water partition coefficient (Wildman–Crippen LogP) is 5.83. The molecule has 9 nitrogen and oxygen atoms in total. The van der Waals surface area contributed by atoms with Gasteiger partial charge < -0.3 is 18.9 Å². The summed E-state index contributed by atoms with van der Waals surface area (Å²) in [6, 6.07) is 22.5. The Kier molecular flexibility index (Phi) is 6.26. The van der Waals surface area contributed by atoms with Gasteiger partial charge in [-0.25, -0.2) is 9.36 Å². The Morgan fingerprint density at radius 1 is 0.949 bits per heavy atom. The van der Waals surface area contributed by atoms with E-state index in [1.807, 2.05) is 77.6 Å². The van der Waals surface area contributed by atoms with Gasteiger partial charge >= 0.3 is 5.97 Å². The minimum Gasteiger partial charge on any atom is -0.497 e. The van der Waals surface area contributed by atoms with Crippen LogP contribution in [0.3, 0.4) is 0 Å². The van der Waals surface area contributed by atoms with Gasteiger partial charge in [0, 0.05) is 64.4 Å². The molecule has 2 aliphatic rings. The van der Waals surface area contributed by atoms with Crippen molar-refractivity contribution in [3.8, 4) is 23.0 Å². The largest absolute Gasteiger partial charge is 0.497 e. The number of pyridine rings is 1. The van der Waals surface area contributed by atoms with E-state index in [2.05, 4.69) is 10.0 Å². The van der Waals surface area contributed by atoms with E-state index in [4.69, 9.17) is 24.5 Å². The van der Waals surface area contributed by atoms with Crippen LogP contribution in [-0.2, 0) is 23.5 Å². The lowest BCUT2D eigenvalue weighted by Crippen LogP contribution is -2.33. The minimum absolute atomic E-state index is 0.367. The van der Waals surface area contributed by atoms with Crippen LogP contribution < -0.4 is 18.8 Å². The summed E-state index contributed by atoms with van der Waals surface area (Å²) in [6.07, 6.45) is 4.73. The molecule has 9 heteroatoms. The van der Waals surface area contributed by atoms with Crippen molar-refractivity contribution in [2.45, 2.75) is 25.2 Å². The van der Waals surface area contributed by atoms with E-state index in [9.17, 15) is 4.79 Å². The number of hydrogen-bond donors (Lipinski definition) is 0. The fourth-order valence-electron chi connectivity index (χ4n) is 5.12. The van der Waals surface area contributed by atoms with E-state index in [0.29, 0.717) is 41.7 Å². The maximum atomic E-state index is 13.0. The second kappa shape index (κ2) is 10.0. The summed E-state index contributed by atoms with van der Waals surface area (Å²) in [6.45, 7) is 1.61. The van der Waals surface area contributed by atoms with Crippen molar-refractivity contribution in [1.82, 2.24) is 0 Å². The first-order valence-corrected chi connectivity index (χ1v) is 12.6. The van der Waals surface area contributed by atoms with E-state index in [0.717, 1.165) is 35.2 Å². The molecule has 0 bridgehead atoms. The van der Waals surface area contributed by atoms with Crippen LogP contribution in [0.5, 0.6) is 23.0 Å². The first kappa shape index (κ1) is 24.3. The number of carbonyl (C=O) groups excluding carboxylic acids is 1. The summed E-state index contributed by atoms with van der Waals surface area (Å²) in [4.78, 5) is 15.8. The molecule has 194 valence electrons. The van der Waals surface area contributed by atoms with Crippen molar-refractivity contribution in [1.29, 1.82) is 0 Å². The van der Waals surface area contributed by atoms with Crippen molar-refractivity contribution in [3.05, 3.63) is 123 Å². The maximum Gasteiger partial charge on any atom is 0.340 e. The molecule has 1 unspecified atom stereocenters. The van der Waals surface area contributed by atoms with Crippen molar-refractivity contribution >= 4 is 5.97 Å². The van der Waals surface area contributed by atoms with Crippen LogP contribution >= 0.6 is 0 Å². The molecule has 0 fully saturated rings. The zero-order chi connectivity index (χ0) is 26.8. The van der Waals surface area contributed by atoms with Gasteiger partial charge in [-0.15, -0.1) is 0 Å². The maximum absolute atomic E-state index is 13.0. The van der Waals surface area contributed by atoms with Gasteiger partial charge in [0.2, 0.25) is 0 Å². The number of methoxy groups -OCH3 is 1. The van der Waals surface area contributed by atoms with Gasteiger partial charge in [-0.2, -0.15) is 0 Å². The molecular weight excluding hydrogens is 496 g/mol. The molecule has 6 rings (SSSR count). The van der Waals surface area contributed by atoms with E-state index >= 15 is 0 Å². The van der Waals surface area contributed by atoms with Gasteiger partial charge in [0.05, 0.1) is 12.7 Å². The first-order chi connectivity index (χ1) is 19.1. The highest BCUT2D eigenvalue weighted by molar-refractivity contribution is 5.97. The van der Waals surface area contributed by atoms with E-state index in [1.165, 1.54) is 0 Å². The lowest BCUT2D eigenvalue weighted by atomic mass is 9.77. The predicted molar refractivity (Wildman–Crippen MR) is 141 cm³/mol. The number of aromatic nitrogens is 1. The minimum atomic E-state index is -1.13. The normalized spacial score (nSPS) is 16.3. The summed E-state index contributed by atoms with van der Waals surface area (Å²) in [7, 11) is 1.60. The summed E-state index contributed by atoms with van der Waals surface area (Å²) in [5.74, 6) is 1.98. The second-order valence-corrected chi connectivity index (χ2v) is 9.28. The highest BCUT2D eigenvalue weighted by Gasteiger charge is 2.53. The first-order valence-electron chi connectivity index (χ1n) is 12.6. The van der Waals surface area contributed by atoms with Gasteiger partial charge in [0.15, 0.2) is 18.0 Å². The fraction of sp³-hybridized carbons (Fsp3) is 0.200. The molecule has 1 atom stereocenters. The zero-order valence-electron chi connectivity index (χ0n) is 21.2. The van der Waals surface area contributed by atoms with Crippen LogP contribution in [0.25, 0.3) is 10.4 Å². The smallest absolute Gasteiger partial charge is 0.340 e. The Morgan fingerprint density at radius 2 is 1.67 bits per heavy atom. The van der Waals surface area contributed by atoms with Crippen LogP contribution in [0.4, 0.5) is 0 Å². The van der Waals surface area contributed by atoms with Crippen molar-refractivity contribution in [2.75, 3.05) is 13.7 Å². The molecule has 1 spiro atoms. The number of fused-ring (bicyclic) bond motifs is 6. The Balaban J connectivity index is 1.29. The van der Waals surface area contributed by atoms with Crippen LogP contribution in [0.15, 0.2) is 90.3 Å². The molecule has 3 heterocycles. The standard InChI is InChI=1S/C30H25N4O5/c1-36-21-7-9-25-27(17-21)38-28-18-22(37-19-20-11-15-34(16-12-20)14-4-13-32-33-31)8-10-26(28)30(25)24-6-3-2-5-23(24)29(35)39-30/h2-3,5-12,15-18H,4,13-14,19H2,1H3/q+1. The molecule has 0 N–H and O–H groups in total. The SMILES string of the molecule is COc1ccc2c(c1)Oc1cc(OCc3cc[n+](CCCN=[N+]=[N-])cc3)ccc1C21OC(=O)c2ccccc21. The molecule has 0 saturated carbocycles. The number of benzene rings is 3. The second-order valence-electron chi connectivity index (χ2n) is 9.28. The van der Waals surface area contributed by atoms with Gasteiger partial charge in [0.25, 0.3) is 0 Å². The third-order valence-corrected chi connectivity index (χ3v) is 7.00. The third-order valence-electron chi connectivity index (χ3n) is 7.00. The molecule has 3 aromatic carbocycles. The number of carbonyl (C=O) groups is 1. The van der Waals surface area contributed by atoms with Gasteiger partial charge in [0.1, 0.15) is 36.1 Å². The topological polar surface area (TPSA) is 107 Å². The fourth-order valence-corrected chi connectivity index (χ4v) is 5.12. The highest BCUT2D eigenvalue weighted by atomic mass is 16.6. The number of hydrogen-bond acceptors (Lipinski definition) is 6. The monoisotopic (exact) mass is 521 g/mol. The van der Waals surface area contributed by atoms with Crippen LogP contribution in [0.1, 0.15) is 39.0 Å². The van der Waals surface area contributed by atoms with Gasteiger partial charge in [-0.1, -0.05) is 23.3 Å². The summed E-state index contributed by atoms with van der Waals surface area (Å²) in [5.41, 5.74) is 11.0. The molecule has 1 aromatic heterocycles. The van der Waals surface area contributed by atoms with E-state index in [1.54, 1.807) is 19.2 Å². The Labute approximate surface area is 224 Å². The quantitative estimate of drug-likeness (QED) is 0.0724. The van der Waals surface area contributed by atoms with Crippen LogP contribution in [-0.4, -0.2) is 19.6 Å². The molecule has 4 aromatic rings. The lowest BCUT2D eigenvalue weighted by molar-refractivity contribution is -0.697. The number of esters is 1. The Hall–Kier alpha value is -5.01.